The van der Waals surface area contributed by atoms with E-state index in [1.807, 2.05) is 6.92 Å². The fourth-order valence-corrected chi connectivity index (χ4v) is 3.58. The van der Waals surface area contributed by atoms with Gasteiger partial charge in [-0.3, -0.25) is 0 Å². The van der Waals surface area contributed by atoms with Gasteiger partial charge in [-0.05, 0) is 50.3 Å². The molecule has 2 nitrogen and oxygen atoms in total. The van der Waals surface area contributed by atoms with Crippen molar-refractivity contribution in [3.8, 4) is 0 Å². The Bertz CT molecular complexity index is 417. The number of rotatable bonds is 2. The molecule has 1 aromatic carbocycles. The molecule has 0 aliphatic carbocycles. The molecule has 1 aliphatic heterocycles. The largest absolute Gasteiger partial charge is 0.369 e. The minimum atomic E-state index is 0.0761. The van der Waals surface area contributed by atoms with Gasteiger partial charge in [0.1, 0.15) is 0 Å². The van der Waals surface area contributed by atoms with E-state index < -0.39 is 0 Å². The third-order valence-electron chi connectivity index (χ3n) is 3.94. The van der Waals surface area contributed by atoms with E-state index in [0.29, 0.717) is 6.04 Å². The van der Waals surface area contributed by atoms with Gasteiger partial charge in [0, 0.05) is 28.8 Å². The van der Waals surface area contributed by atoms with Crippen LogP contribution in [0.4, 0.5) is 5.69 Å². The van der Waals surface area contributed by atoms with Gasteiger partial charge in [-0.25, -0.2) is 0 Å². The Labute approximate surface area is 119 Å². The highest BCUT2D eigenvalue weighted by molar-refractivity contribution is 9.10. The second kappa shape index (κ2) is 5.62. The van der Waals surface area contributed by atoms with Crippen molar-refractivity contribution in [2.75, 3.05) is 11.4 Å². The van der Waals surface area contributed by atoms with Crippen LogP contribution in [0, 0.1) is 5.92 Å². The number of anilines is 1. The molecule has 3 heteroatoms. The molecular formula is C15H23BrN2. The molecule has 0 amide bonds. The van der Waals surface area contributed by atoms with Gasteiger partial charge in [0.2, 0.25) is 0 Å². The lowest BCUT2D eigenvalue weighted by atomic mass is 9.93. The molecule has 1 fully saturated rings. The summed E-state index contributed by atoms with van der Waals surface area (Å²) in [6, 6.07) is 7.27. The summed E-state index contributed by atoms with van der Waals surface area (Å²) in [5.41, 5.74) is 8.43. The van der Waals surface area contributed by atoms with Crippen molar-refractivity contribution in [2.24, 2.45) is 11.7 Å². The van der Waals surface area contributed by atoms with Crippen LogP contribution in [0.1, 0.15) is 45.2 Å². The summed E-state index contributed by atoms with van der Waals surface area (Å²) in [5, 5.41) is 0. The molecule has 100 valence electrons. The zero-order valence-corrected chi connectivity index (χ0v) is 13.1. The predicted molar refractivity (Wildman–Crippen MR) is 82.0 cm³/mol. The third-order valence-corrected chi connectivity index (χ3v) is 4.63. The number of nitrogens with zero attached hydrogens (tertiary/aromatic N) is 1. The van der Waals surface area contributed by atoms with E-state index in [1.165, 1.54) is 24.1 Å². The Morgan fingerprint density at radius 3 is 2.67 bits per heavy atom. The molecule has 18 heavy (non-hydrogen) atoms. The SMILES string of the molecule is CC1CCN(c2ccc([C@H](C)N)c(Br)c2)C(C)C1. The van der Waals surface area contributed by atoms with Crippen LogP contribution < -0.4 is 10.6 Å². The average molecular weight is 311 g/mol. The Morgan fingerprint density at radius 1 is 1.39 bits per heavy atom. The van der Waals surface area contributed by atoms with Crippen LogP contribution in [-0.4, -0.2) is 12.6 Å². The van der Waals surface area contributed by atoms with E-state index in [9.17, 15) is 0 Å². The Kier molecular flexibility index (Phi) is 4.33. The van der Waals surface area contributed by atoms with Crippen molar-refractivity contribution < 1.29 is 0 Å². The van der Waals surface area contributed by atoms with Crippen LogP contribution in [0.2, 0.25) is 0 Å². The third kappa shape index (κ3) is 2.89. The molecule has 0 bridgehead atoms. The first-order chi connectivity index (χ1) is 8.49. The zero-order valence-electron chi connectivity index (χ0n) is 11.5. The number of hydrogen-bond acceptors (Lipinski definition) is 2. The molecule has 2 rings (SSSR count). The van der Waals surface area contributed by atoms with Gasteiger partial charge in [0.25, 0.3) is 0 Å². The van der Waals surface area contributed by atoms with E-state index in [4.69, 9.17) is 5.73 Å². The summed E-state index contributed by atoms with van der Waals surface area (Å²) in [6.07, 6.45) is 2.57. The second-order valence-corrected chi connectivity index (χ2v) is 6.52. The zero-order chi connectivity index (χ0) is 13.3. The molecular weight excluding hydrogens is 288 g/mol. The van der Waals surface area contributed by atoms with E-state index in [-0.39, 0.29) is 6.04 Å². The van der Waals surface area contributed by atoms with Crippen molar-refractivity contribution in [1.82, 2.24) is 0 Å². The Hall–Kier alpha value is -0.540. The van der Waals surface area contributed by atoms with Crippen molar-refractivity contribution in [1.29, 1.82) is 0 Å². The topological polar surface area (TPSA) is 29.3 Å². The van der Waals surface area contributed by atoms with E-state index in [0.717, 1.165) is 16.9 Å². The highest BCUT2D eigenvalue weighted by Gasteiger charge is 2.23. The summed E-state index contributed by atoms with van der Waals surface area (Å²) in [6.45, 7) is 7.85. The van der Waals surface area contributed by atoms with Crippen LogP contribution in [0.3, 0.4) is 0 Å². The fraction of sp³-hybridized carbons (Fsp3) is 0.600. The summed E-state index contributed by atoms with van der Waals surface area (Å²) in [5.74, 6) is 0.850. The number of piperidine rings is 1. The second-order valence-electron chi connectivity index (χ2n) is 5.67. The maximum absolute atomic E-state index is 5.94. The van der Waals surface area contributed by atoms with Crippen molar-refractivity contribution in [3.63, 3.8) is 0 Å². The molecule has 2 unspecified atom stereocenters. The summed E-state index contributed by atoms with van der Waals surface area (Å²) in [4.78, 5) is 2.51. The van der Waals surface area contributed by atoms with Crippen molar-refractivity contribution >= 4 is 21.6 Å². The fourth-order valence-electron chi connectivity index (χ4n) is 2.85. The molecule has 0 aromatic heterocycles. The molecule has 0 spiro atoms. The Balaban J connectivity index is 2.21. The quantitative estimate of drug-likeness (QED) is 0.891. The smallest absolute Gasteiger partial charge is 0.0380 e. The number of halogens is 1. The normalized spacial score (nSPS) is 26.2. The molecule has 1 saturated heterocycles. The molecule has 3 atom stereocenters. The van der Waals surface area contributed by atoms with Gasteiger partial charge in [-0.2, -0.15) is 0 Å². The minimum Gasteiger partial charge on any atom is -0.369 e. The van der Waals surface area contributed by atoms with Crippen molar-refractivity contribution in [2.45, 2.75) is 45.7 Å². The first kappa shape index (κ1) is 13.9. The molecule has 2 N–H and O–H groups in total. The predicted octanol–water partition coefficient (Wildman–Crippen LogP) is 4.09. The van der Waals surface area contributed by atoms with Crippen LogP contribution >= 0.6 is 15.9 Å². The number of nitrogens with two attached hydrogens (primary N) is 1. The number of benzene rings is 1. The highest BCUT2D eigenvalue weighted by Crippen LogP contribution is 2.32. The lowest BCUT2D eigenvalue weighted by molar-refractivity contribution is 0.378. The van der Waals surface area contributed by atoms with Crippen LogP contribution in [0.5, 0.6) is 0 Å². The van der Waals surface area contributed by atoms with E-state index in [2.05, 4.69) is 52.9 Å². The van der Waals surface area contributed by atoms with Crippen LogP contribution in [-0.2, 0) is 0 Å². The summed E-state index contributed by atoms with van der Waals surface area (Å²) < 4.78 is 1.13. The maximum atomic E-state index is 5.94. The Morgan fingerprint density at radius 2 is 2.11 bits per heavy atom. The first-order valence-electron chi connectivity index (χ1n) is 6.80. The van der Waals surface area contributed by atoms with Gasteiger partial charge in [0.05, 0.1) is 0 Å². The first-order valence-corrected chi connectivity index (χ1v) is 7.60. The van der Waals surface area contributed by atoms with E-state index in [1.54, 1.807) is 0 Å². The lowest BCUT2D eigenvalue weighted by Gasteiger charge is -2.38. The molecule has 0 saturated carbocycles. The lowest BCUT2D eigenvalue weighted by Crippen LogP contribution is -2.40. The number of hydrogen-bond donors (Lipinski definition) is 1. The molecule has 1 aliphatic rings. The monoisotopic (exact) mass is 310 g/mol. The van der Waals surface area contributed by atoms with Gasteiger partial charge < -0.3 is 10.6 Å². The van der Waals surface area contributed by atoms with Crippen LogP contribution in [0.15, 0.2) is 22.7 Å². The minimum absolute atomic E-state index is 0.0761. The van der Waals surface area contributed by atoms with Gasteiger partial charge >= 0.3 is 0 Å². The maximum Gasteiger partial charge on any atom is 0.0380 e. The van der Waals surface area contributed by atoms with Crippen LogP contribution in [0.25, 0.3) is 0 Å². The van der Waals surface area contributed by atoms with Gasteiger partial charge in [-0.15, -0.1) is 0 Å². The van der Waals surface area contributed by atoms with Gasteiger partial charge in [0.15, 0.2) is 0 Å². The highest BCUT2D eigenvalue weighted by atomic mass is 79.9. The summed E-state index contributed by atoms with van der Waals surface area (Å²) >= 11 is 3.64. The average Bonchev–Trinajstić information content (AvgIpc) is 2.28. The van der Waals surface area contributed by atoms with Crippen molar-refractivity contribution in [3.05, 3.63) is 28.2 Å². The summed E-state index contributed by atoms with van der Waals surface area (Å²) in [7, 11) is 0. The van der Waals surface area contributed by atoms with E-state index >= 15 is 0 Å². The standard InChI is InChI=1S/C15H23BrN2/c1-10-6-7-18(11(2)8-10)13-4-5-14(12(3)17)15(16)9-13/h4-5,9-12H,6-8,17H2,1-3H3/t10?,11?,12-/m0/s1. The molecule has 0 radical (unpaired) electrons. The molecule has 1 heterocycles. The molecule has 1 aromatic rings. The van der Waals surface area contributed by atoms with Gasteiger partial charge in [-0.1, -0.05) is 28.9 Å².